The van der Waals surface area contributed by atoms with Crippen molar-refractivity contribution < 1.29 is 30.0 Å². The third-order valence-electron chi connectivity index (χ3n) is 2.65. The lowest BCUT2D eigenvalue weighted by atomic mass is 9.92. The third-order valence-corrected chi connectivity index (χ3v) is 2.65. The van der Waals surface area contributed by atoms with Crippen LogP contribution in [0.25, 0.3) is 0 Å². The minimum atomic E-state index is -1.44. The fourth-order valence-corrected chi connectivity index (χ4v) is 1.65. The first kappa shape index (κ1) is 13.5. The van der Waals surface area contributed by atoms with E-state index in [9.17, 15) is 20.1 Å². The summed E-state index contributed by atoms with van der Waals surface area (Å²) in [7, 11) is 0. The Morgan fingerprint density at radius 1 is 1.12 bits per heavy atom. The number of aliphatic hydroxyl groups is 4. The van der Waals surface area contributed by atoms with Gasteiger partial charge in [0.15, 0.2) is 0 Å². The van der Waals surface area contributed by atoms with Crippen molar-refractivity contribution in [1.82, 2.24) is 0 Å². The number of ether oxygens (including phenoxy) is 1. The topological polar surface area (TPSA) is 133 Å². The fraction of sp³-hybridized carbons (Fsp3) is 0.889. The average Bonchev–Trinajstić information content (AvgIpc) is 2.29. The standard InChI is InChI=1S/C9H17NO6/c10-2-4(12)1-5-7(13)9(15)8(14)6(3-11)16-5/h5-9,11,13-15H,1-3,10H2/t5-,6+,7-,8+,9+/m0/s1. The van der Waals surface area contributed by atoms with Gasteiger partial charge in [0, 0.05) is 6.42 Å². The summed E-state index contributed by atoms with van der Waals surface area (Å²) in [5.74, 6) is -0.329. The van der Waals surface area contributed by atoms with Crippen LogP contribution in [0.3, 0.4) is 0 Å². The van der Waals surface area contributed by atoms with Gasteiger partial charge in [0.1, 0.15) is 30.2 Å². The van der Waals surface area contributed by atoms with Crippen molar-refractivity contribution in [3.05, 3.63) is 0 Å². The second-order valence-electron chi connectivity index (χ2n) is 3.81. The van der Waals surface area contributed by atoms with Crippen LogP contribution in [0, 0.1) is 0 Å². The van der Waals surface area contributed by atoms with Gasteiger partial charge in [0.2, 0.25) is 0 Å². The summed E-state index contributed by atoms with van der Waals surface area (Å²) in [6.45, 7) is -0.687. The average molecular weight is 235 g/mol. The lowest BCUT2D eigenvalue weighted by Crippen LogP contribution is -2.58. The number of aliphatic hydroxyl groups excluding tert-OH is 4. The zero-order chi connectivity index (χ0) is 12.3. The van der Waals surface area contributed by atoms with E-state index < -0.39 is 37.1 Å². The normalized spacial score (nSPS) is 39.7. The molecule has 16 heavy (non-hydrogen) atoms. The molecule has 0 bridgehead atoms. The molecule has 0 spiro atoms. The molecule has 5 atom stereocenters. The maximum atomic E-state index is 11.1. The Labute approximate surface area is 92.4 Å². The van der Waals surface area contributed by atoms with Crippen LogP contribution in [-0.2, 0) is 9.53 Å². The van der Waals surface area contributed by atoms with Crippen LogP contribution in [0.15, 0.2) is 0 Å². The molecule has 0 saturated carbocycles. The Balaban J connectivity index is 2.67. The lowest BCUT2D eigenvalue weighted by Gasteiger charge is -2.39. The van der Waals surface area contributed by atoms with Crippen LogP contribution < -0.4 is 5.73 Å². The highest BCUT2D eigenvalue weighted by Gasteiger charge is 2.43. The van der Waals surface area contributed by atoms with E-state index in [-0.39, 0.29) is 18.7 Å². The summed E-state index contributed by atoms with van der Waals surface area (Å²) in [5.41, 5.74) is 5.12. The predicted molar refractivity (Wildman–Crippen MR) is 52.4 cm³/mol. The quantitative estimate of drug-likeness (QED) is 0.345. The van der Waals surface area contributed by atoms with Crippen LogP contribution in [0.1, 0.15) is 6.42 Å². The molecule has 1 rings (SSSR count). The van der Waals surface area contributed by atoms with Gasteiger partial charge in [-0.15, -0.1) is 0 Å². The van der Waals surface area contributed by atoms with E-state index in [1.165, 1.54) is 0 Å². The minimum absolute atomic E-state index is 0.155. The SMILES string of the molecule is NCC(=O)C[C@@H]1O[C@H](CO)[C@@H](O)[C@H](O)[C@H]1O. The molecule has 0 amide bonds. The second-order valence-corrected chi connectivity index (χ2v) is 3.81. The number of hydrogen-bond donors (Lipinski definition) is 5. The monoisotopic (exact) mass is 235 g/mol. The van der Waals surface area contributed by atoms with Crippen LogP contribution in [0.5, 0.6) is 0 Å². The molecule has 7 heteroatoms. The van der Waals surface area contributed by atoms with Crippen molar-refractivity contribution in [3.63, 3.8) is 0 Å². The van der Waals surface area contributed by atoms with Crippen LogP contribution in [0.4, 0.5) is 0 Å². The highest BCUT2D eigenvalue weighted by Crippen LogP contribution is 2.23. The molecule has 1 saturated heterocycles. The number of nitrogens with two attached hydrogens (primary N) is 1. The molecule has 0 radical (unpaired) electrons. The van der Waals surface area contributed by atoms with Gasteiger partial charge in [-0.2, -0.15) is 0 Å². The van der Waals surface area contributed by atoms with Crippen molar-refractivity contribution in [2.45, 2.75) is 36.9 Å². The number of hydrogen-bond acceptors (Lipinski definition) is 7. The number of carbonyl (C=O) groups is 1. The molecule has 7 nitrogen and oxygen atoms in total. The zero-order valence-electron chi connectivity index (χ0n) is 8.69. The Morgan fingerprint density at radius 3 is 2.19 bits per heavy atom. The molecule has 0 aromatic rings. The summed E-state index contributed by atoms with van der Waals surface area (Å²) >= 11 is 0. The first-order valence-electron chi connectivity index (χ1n) is 5.03. The number of carbonyl (C=O) groups excluding carboxylic acids is 1. The van der Waals surface area contributed by atoms with Gasteiger partial charge in [-0.1, -0.05) is 0 Å². The summed E-state index contributed by atoms with van der Waals surface area (Å²) < 4.78 is 5.12. The molecule has 1 aliphatic heterocycles. The van der Waals surface area contributed by atoms with Crippen LogP contribution >= 0.6 is 0 Å². The highest BCUT2D eigenvalue weighted by atomic mass is 16.5. The van der Waals surface area contributed by atoms with Gasteiger partial charge >= 0.3 is 0 Å². The van der Waals surface area contributed by atoms with E-state index >= 15 is 0 Å². The second kappa shape index (κ2) is 5.67. The molecule has 1 fully saturated rings. The largest absolute Gasteiger partial charge is 0.394 e. The molecule has 6 N–H and O–H groups in total. The van der Waals surface area contributed by atoms with Gasteiger partial charge in [0.05, 0.1) is 19.3 Å². The highest BCUT2D eigenvalue weighted by molar-refractivity contribution is 5.80. The van der Waals surface area contributed by atoms with E-state index in [1.54, 1.807) is 0 Å². The molecule has 1 heterocycles. The van der Waals surface area contributed by atoms with Crippen LogP contribution in [0.2, 0.25) is 0 Å². The molecule has 1 aliphatic rings. The molecular formula is C9H17NO6. The fourth-order valence-electron chi connectivity index (χ4n) is 1.65. The maximum Gasteiger partial charge on any atom is 0.149 e. The van der Waals surface area contributed by atoms with Crippen molar-refractivity contribution >= 4 is 5.78 Å². The van der Waals surface area contributed by atoms with Crippen molar-refractivity contribution in [2.75, 3.05) is 13.2 Å². The third kappa shape index (κ3) is 2.76. The number of ketones is 1. The lowest BCUT2D eigenvalue weighted by molar-refractivity contribution is -0.229. The van der Waals surface area contributed by atoms with Crippen molar-refractivity contribution in [3.8, 4) is 0 Å². The smallest absolute Gasteiger partial charge is 0.149 e. The van der Waals surface area contributed by atoms with E-state index in [0.717, 1.165) is 0 Å². The van der Waals surface area contributed by atoms with Crippen molar-refractivity contribution in [2.24, 2.45) is 5.73 Å². The summed E-state index contributed by atoms with van der Waals surface area (Å²) in [4.78, 5) is 11.1. The summed E-state index contributed by atoms with van der Waals surface area (Å²) in [6, 6.07) is 0. The van der Waals surface area contributed by atoms with E-state index in [2.05, 4.69) is 0 Å². The Bertz CT molecular complexity index is 246. The van der Waals surface area contributed by atoms with Crippen LogP contribution in [-0.4, -0.2) is 69.9 Å². The number of Topliss-reactive ketones (excluding diaryl/α,β-unsaturated/α-hetero) is 1. The molecule has 0 aliphatic carbocycles. The summed E-state index contributed by atoms with van der Waals surface area (Å²) in [6.07, 6.45) is -6.29. The Hall–Kier alpha value is -0.570. The van der Waals surface area contributed by atoms with Gasteiger partial charge < -0.3 is 30.9 Å². The minimum Gasteiger partial charge on any atom is -0.394 e. The van der Waals surface area contributed by atoms with Gasteiger partial charge in [-0.3, -0.25) is 4.79 Å². The van der Waals surface area contributed by atoms with Crippen molar-refractivity contribution in [1.29, 1.82) is 0 Å². The molecule has 0 unspecified atom stereocenters. The Kier molecular flexibility index (Phi) is 4.78. The van der Waals surface area contributed by atoms with E-state index in [4.69, 9.17) is 15.6 Å². The molecule has 0 aromatic heterocycles. The summed E-state index contributed by atoms with van der Waals surface area (Å²) in [5, 5.41) is 37.3. The van der Waals surface area contributed by atoms with Gasteiger partial charge in [-0.05, 0) is 0 Å². The van der Waals surface area contributed by atoms with Gasteiger partial charge in [-0.25, -0.2) is 0 Å². The first-order valence-corrected chi connectivity index (χ1v) is 5.03. The zero-order valence-corrected chi connectivity index (χ0v) is 8.69. The van der Waals surface area contributed by atoms with E-state index in [1.807, 2.05) is 0 Å². The maximum absolute atomic E-state index is 11.1. The van der Waals surface area contributed by atoms with Gasteiger partial charge in [0.25, 0.3) is 0 Å². The molecular weight excluding hydrogens is 218 g/mol. The Morgan fingerprint density at radius 2 is 1.69 bits per heavy atom. The molecule has 94 valence electrons. The van der Waals surface area contributed by atoms with E-state index in [0.29, 0.717) is 0 Å². The molecule has 0 aromatic carbocycles. The number of rotatable bonds is 4. The predicted octanol–water partition coefficient (Wildman–Crippen LogP) is -3.25. The first-order chi connectivity index (χ1) is 7.51.